The van der Waals surface area contributed by atoms with E-state index in [1.165, 1.54) is 24.3 Å². The Morgan fingerprint density at radius 3 is 2.40 bits per heavy atom. The average molecular weight is 272 g/mol. The molecular formula is C15H13FN2O2. The van der Waals surface area contributed by atoms with Crippen LogP contribution in [-0.2, 0) is 6.54 Å². The van der Waals surface area contributed by atoms with E-state index in [-0.39, 0.29) is 22.6 Å². The van der Waals surface area contributed by atoms with Gasteiger partial charge >= 0.3 is 0 Å². The minimum absolute atomic E-state index is 0.0876. The highest BCUT2D eigenvalue weighted by Crippen LogP contribution is 2.38. The van der Waals surface area contributed by atoms with Gasteiger partial charge in [-0.1, -0.05) is 12.1 Å². The van der Waals surface area contributed by atoms with Crippen LogP contribution in [0.25, 0.3) is 22.4 Å². The molecule has 5 heteroatoms. The number of hydrogen-bond donors (Lipinski definition) is 2. The van der Waals surface area contributed by atoms with Crippen molar-refractivity contribution in [3.63, 3.8) is 0 Å². The summed E-state index contributed by atoms with van der Waals surface area (Å²) in [7, 11) is 0. The van der Waals surface area contributed by atoms with Crippen molar-refractivity contribution >= 4 is 11.0 Å². The number of phenolic OH excluding ortho intramolecular Hbond substituents is 2. The zero-order valence-electron chi connectivity index (χ0n) is 10.8. The summed E-state index contributed by atoms with van der Waals surface area (Å²) in [6.07, 6.45) is 0. The lowest BCUT2D eigenvalue weighted by atomic mass is 10.1. The van der Waals surface area contributed by atoms with E-state index in [9.17, 15) is 14.6 Å². The molecule has 1 aromatic heterocycles. The molecule has 2 N–H and O–H groups in total. The maximum absolute atomic E-state index is 13.8. The number of phenols is 2. The zero-order valence-corrected chi connectivity index (χ0v) is 10.8. The molecule has 4 nitrogen and oxygen atoms in total. The van der Waals surface area contributed by atoms with E-state index in [1.807, 2.05) is 6.92 Å². The molecule has 0 atom stereocenters. The van der Waals surface area contributed by atoms with Crippen molar-refractivity contribution in [1.29, 1.82) is 0 Å². The minimum Gasteiger partial charge on any atom is -0.507 e. The Balaban J connectivity index is 2.40. The van der Waals surface area contributed by atoms with Gasteiger partial charge in [0.2, 0.25) is 0 Å². The van der Waals surface area contributed by atoms with Crippen molar-refractivity contribution in [1.82, 2.24) is 9.55 Å². The highest BCUT2D eigenvalue weighted by Gasteiger charge is 2.19. The number of nitrogens with zero attached hydrogens (tertiary/aromatic N) is 2. The molecule has 0 saturated carbocycles. The van der Waals surface area contributed by atoms with E-state index < -0.39 is 5.82 Å². The van der Waals surface area contributed by atoms with E-state index in [1.54, 1.807) is 16.7 Å². The Bertz CT molecular complexity index is 776. The average Bonchev–Trinajstić information content (AvgIpc) is 2.78. The summed E-state index contributed by atoms with van der Waals surface area (Å²) in [5, 5.41) is 19.9. The fourth-order valence-corrected chi connectivity index (χ4v) is 2.38. The number of fused-ring (bicyclic) bond motifs is 1. The Kier molecular flexibility index (Phi) is 2.82. The lowest BCUT2D eigenvalue weighted by Crippen LogP contribution is -1.97. The lowest BCUT2D eigenvalue weighted by Gasteiger charge is -2.09. The molecule has 102 valence electrons. The zero-order chi connectivity index (χ0) is 14.3. The first-order chi connectivity index (χ1) is 9.63. The summed E-state index contributed by atoms with van der Waals surface area (Å²) < 4.78 is 15.6. The largest absolute Gasteiger partial charge is 0.507 e. The van der Waals surface area contributed by atoms with E-state index >= 15 is 0 Å². The lowest BCUT2D eigenvalue weighted by molar-refractivity contribution is 0.453. The number of aromatic hydroxyl groups is 2. The van der Waals surface area contributed by atoms with Crippen LogP contribution in [0.1, 0.15) is 6.92 Å². The molecule has 0 saturated heterocycles. The molecule has 0 amide bonds. The van der Waals surface area contributed by atoms with E-state index in [2.05, 4.69) is 4.98 Å². The van der Waals surface area contributed by atoms with Crippen molar-refractivity contribution in [2.45, 2.75) is 13.5 Å². The van der Waals surface area contributed by atoms with Crippen LogP contribution in [0.3, 0.4) is 0 Å². The number of benzene rings is 2. The van der Waals surface area contributed by atoms with Crippen molar-refractivity contribution < 1.29 is 14.6 Å². The Morgan fingerprint density at radius 2 is 1.75 bits per heavy atom. The second-order valence-corrected chi connectivity index (χ2v) is 4.46. The SMILES string of the molecule is CCn1c(-c2c(O)cccc2O)nc2c(F)cccc21. The second-order valence-electron chi connectivity index (χ2n) is 4.46. The van der Waals surface area contributed by atoms with Crippen molar-refractivity contribution in [3.05, 3.63) is 42.2 Å². The van der Waals surface area contributed by atoms with Crippen LogP contribution >= 0.6 is 0 Å². The van der Waals surface area contributed by atoms with Gasteiger partial charge in [0, 0.05) is 6.54 Å². The van der Waals surface area contributed by atoms with Gasteiger partial charge in [-0.2, -0.15) is 0 Å². The molecule has 0 radical (unpaired) electrons. The van der Waals surface area contributed by atoms with Crippen LogP contribution in [0.5, 0.6) is 11.5 Å². The third-order valence-corrected chi connectivity index (χ3v) is 3.29. The first-order valence-corrected chi connectivity index (χ1v) is 6.29. The highest BCUT2D eigenvalue weighted by atomic mass is 19.1. The molecular weight excluding hydrogens is 259 g/mol. The monoisotopic (exact) mass is 272 g/mol. The van der Waals surface area contributed by atoms with Gasteiger partial charge in [-0.25, -0.2) is 9.37 Å². The van der Waals surface area contributed by atoms with Gasteiger partial charge in [0.15, 0.2) is 5.82 Å². The maximum Gasteiger partial charge on any atom is 0.151 e. The summed E-state index contributed by atoms with van der Waals surface area (Å²) in [6.45, 7) is 2.44. The summed E-state index contributed by atoms with van der Waals surface area (Å²) >= 11 is 0. The van der Waals surface area contributed by atoms with Crippen molar-refractivity contribution in [3.8, 4) is 22.9 Å². The number of hydrogen-bond acceptors (Lipinski definition) is 3. The summed E-state index contributed by atoms with van der Waals surface area (Å²) in [4.78, 5) is 4.24. The van der Waals surface area contributed by atoms with Crippen LogP contribution in [0.15, 0.2) is 36.4 Å². The van der Waals surface area contributed by atoms with Gasteiger partial charge in [-0.05, 0) is 31.2 Å². The topological polar surface area (TPSA) is 58.3 Å². The normalized spacial score (nSPS) is 11.1. The fourth-order valence-electron chi connectivity index (χ4n) is 2.38. The first kappa shape index (κ1) is 12.5. The minimum atomic E-state index is -0.425. The third kappa shape index (κ3) is 1.71. The van der Waals surface area contributed by atoms with Crippen LogP contribution in [0.4, 0.5) is 4.39 Å². The standard InChI is InChI=1S/C15H13FN2O2/c1-2-18-10-6-3-5-9(16)14(10)17-15(18)13-11(19)7-4-8-12(13)20/h3-8,19-20H,2H2,1H3. The Hall–Kier alpha value is -2.56. The van der Waals surface area contributed by atoms with Crippen LogP contribution < -0.4 is 0 Å². The van der Waals surface area contributed by atoms with Crippen LogP contribution in [0.2, 0.25) is 0 Å². The summed E-state index contributed by atoms with van der Waals surface area (Å²) in [5.41, 5.74) is 1.07. The van der Waals surface area contributed by atoms with Crippen LogP contribution in [-0.4, -0.2) is 19.8 Å². The quantitative estimate of drug-likeness (QED) is 0.752. The van der Waals surface area contributed by atoms with Gasteiger partial charge in [0.25, 0.3) is 0 Å². The molecule has 0 aliphatic heterocycles. The van der Waals surface area contributed by atoms with Gasteiger partial charge in [-0.15, -0.1) is 0 Å². The number of rotatable bonds is 2. The number of para-hydroxylation sites is 1. The first-order valence-electron chi connectivity index (χ1n) is 6.29. The number of halogens is 1. The van der Waals surface area contributed by atoms with Crippen molar-refractivity contribution in [2.75, 3.05) is 0 Å². The van der Waals surface area contributed by atoms with Gasteiger partial charge in [0.1, 0.15) is 28.4 Å². The molecule has 3 aromatic rings. The highest BCUT2D eigenvalue weighted by molar-refractivity contribution is 5.84. The molecule has 0 aliphatic carbocycles. The van der Waals surface area contributed by atoms with Gasteiger partial charge in [-0.3, -0.25) is 0 Å². The van der Waals surface area contributed by atoms with E-state index in [0.29, 0.717) is 17.9 Å². The van der Waals surface area contributed by atoms with E-state index in [4.69, 9.17) is 0 Å². The van der Waals surface area contributed by atoms with E-state index in [0.717, 1.165) is 0 Å². The Morgan fingerprint density at radius 1 is 1.10 bits per heavy atom. The molecule has 0 aliphatic rings. The second kappa shape index (κ2) is 4.52. The molecule has 1 heterocycles. The number of aromatic nitrogens is 2. The predicted octanol–water partition coefficient (Wildman–Crippen LogP) is 3.27. The summed E-state index contributed by atoms with van der Waals surface area (Å²) in [5.74, 6) is -0.250. The predicted molar refractivity (Wildman–Crippen MR) is 74.1 cm³/mol. The van der Waals surface area contributed by atoms with Gasteiger partial charge < -0.3 is 14.8 Å². The van der Waals surface area contributed by atoms with Gasteiger partial charge in [0.05, 0.1) is 5.52 Å². The molecule has 0 fully saturated rings. The molecule has 0 bridgehead atoms. The third-order valence-electron chi connectivity index (χ3n) is 3.29. The van der Waals surface area contributed by atoms with Crippen molar-refractivity contribution in [2.24, 2.45) is 0 Å². The number of aryl methyl sites for hydroxylation is 1. The van der Waals surface area contributed by atoms with Crippen LogP contribution in [0, 0.1) is 5.82 Å². The summed E-state index contributed by atoms with van der Waals surface area (Å²) in [6, 6.07) is 9.17. The maximum atomic E-state index is 13.8. The Labute approximate surface area is 114 Å². The fraction of sp³-hybridized carbons (Fsp3) is 0.133. The molecule has 3 rings (SSSR count). The molecule has 0 spiro atoms. The molecule has 20 heavy (non-hydrogen) atoms. The smallest absolute Gasteiger partial charge is 0.151 e. The molecule has 2 aromatic carbocycles. The number of imidazole rings is 1. The molecule has 0 unspecified atom stereocenters.